The maximum Gasteiger partial charge on any atom is 0.125 e. The standard InChI is InChI=1S/C14H17NO2/c1-10(2)17-12-5-3-4-11(8-12)13-6-7-16-14(13)9-15/h3-8,10H,9,15H2,1-2H3. The third-order valence-electron chi connectivity index (χ3n) is 2.45. The zero-order chi connectivity index (χ0) is 12.3. The summed E-state index contributed by atoms with van der Waals surface area (Å²) in [4.78, 5) is 0. The van der Waals surface area contributed by atoms with E-state index in [1.807, 2.05) is 44.2 Å². The molecule has 1 heterocycles. The van der Waals surface area contributed by atoms with E-state index in [1.54, 1.807) is 6.26 Å². The van der Waals surface area contributed by atoms with E-state index in [-0.39, 0.29) is 6.10 Å². The predicted molar refractivity (Wildman–Crippen MR) is 67.8 cm³/mol. The SMILES string of the molecule is CC(C)Oc1cccc(-c2ccoc2CN)c1. The number of hydrogen-bond donors (Lipinski definition) is 1. The lowest BCUT2D eigenvalue weighted by molar-refractivity contribution is 0.242. The van der Waals surface area contributed by atoms with E-state index in [0.29, 0.717) is 6.54 Å². The van der Waals surface area contributed by atoms with Crippen LogP contribution in [-0.4, -0.2) is 6.10 Å². The summed E-state index contributed by atoms with van der Waals surface area (Å²) in [5.74, 6) is 1.66. The van der Waals surface area contributed by atoms with Crippen LogP contribution < -0.4 is 10.5 Å². The maximum atomic E-state index is 5.66. The van der Waals surface area contributed by atoms with Gasteiger partial charge in [0.15, 0.2) is 0 Å². The van der Waals surface area contributed by atoms with Crippen LogP contribution in [0.15, 0.2) is 41.0 Å². The van der Waals surface area contributed by atoms with Gasteiger partial charge in [0.1, 0.15) is 11.5 Å². The first-order valence-corrected chi connectivity index (χ1v) is 5.74. The first-order chi connectivity index (χ1) is 8.20. The summed E-state index contributed by atoms with van der Waals surface area (Å²) in [6, 6.07) is 9.88. The van der Waals surface area contributed by atoms with E-state index < -0.39 is 0 Å². The van der Waals surface area contributed by atoms with E-state index in [9.17, 15) is 0 Å². The van der Waals surface area contributed by atoms with Crippen molar-refractivity contribution in [1.82, 2.24) is 0 Å². The Morgan fingerprint density at radius 2 is 2.12 bits per heavy atom. The van der Waals surface area contributed by atoms with Crippen molar-refractivity contribution in [2.24, 2.45) is 5.73 Å². The van der Waals surface area contributed by atoms with Crippen LogP contribution in [0.5, 0.6) is 5.75 Å². The van der Waals surface area contributed by atoms with Gasteiger partial charge in [-0.15, -0.1) is 0 Å². The van der Waals surface area contributed by atoms with Gasteiger partial charge in [-0.05, 0) is 37.6 Å². The Bertz CT molecular complexity index is 488. The summed E-state index contributed by atoms with van der Waals surface area (Å²) in [6.45, 7) is 4.42. The molecule has 0 bridgehead atoms. The van der Waals surface area contributed by atoms with E-state index in [1.165, 1.54) is 0 Å². The maximum absolute atomic E-state index is 5.66. The van der Waals surface area contributed by atoms with E-state index in [4.69, 9.17) is 14.9 Å². The molecule has 1 aromatic heterocycles. The van der Waals surface area contributed by atoms with Crippen LogP contribution >= 0.6 is 0 Å². The molecule has 1 aromatic carbocycles. The number of ether oxygens (including phenoxy) is 1. The second kappa shape index (κ2) is 5.06. The molecule has 90 valence electrons. The van der Waals surface area contributed by atoms with Gasteiger partial charge in [-0.25, -0.2) is 0 Å². The molecule has 0 radical (unpaired) electrons. The van der Waals surface area contributed by atoms with Crippen LogP contribution in [0.3, 0.4) is 0 Å². The number of benzene rings is 1. The van der Waals surface area contributed by atoms with E-state index in [2.05, 4.69) is 0 Å². The van der Waals surface area contributed by atoms with Crippen molar-refractivity contribution in [2.45, 2.75) is 26.5 Å². The predicted octanol–water partition coefficient (Wildman–Crippen LogP) is 3.19. The Hall–Kier alpha value is -1.74. The van der Waals surface area contributed by atoms with Gasteiger partial charge >= 0.3 is 0 Å². The second-order valence-corrected chi connectivity index (χ2v) is 4.16. The molecule has 2 rings (SSSR count). The van der Waals surface area contributed by atoms with Crippen LogP contribution in [0.2, 0.25) is 0 Å². The molecule has 0 aliphatic heterocycles. The summed E-state index contributed by atoms with van der Waals surface area (Å²) in [5, 5.41) is 0. The fraction of sp³-hybridized carbons (Fsp3) is 0.286. The van der Waals surface area contributed by atoms with Crippen LogP contribution in [0.4, 0.5) is 0 Å². The monoisotopic (exact) mass is 231 g/mol. The molecule has 0 aliphatic rings. The van der Waals surface area contributed by atoms with Gasteiger partial charge < -0.3 is 14.9 Å². The summed E-state index contributed by atoms with van der Waals surface area (Å²) >= 11 is 0. The molecule has 0 fully saturated rings. The molecule has 0 aliphatic carbocycles. The van der Waals surface area contributed by atoms with Crippen molar-refractivity contribution in [3.63, 3.8) is 0 Å². The molecular formula is C14H17NO2. The Morgan fingerprint density at radius 1 is 1.29 bits per heavy atom. The molecule has 17 heavy (non-hydrogen) atoms. The highest BCUT2D eigenvalue weighted by molar-refractivity contribution is 5.66. The third kappa shape index (κ3) is 2.68. The minimum Gasteiger partial charge on any atom is -0.491 e. The molecule has 0 atom stereocenters. The number of nitrogens with two attached hydrogens (primary N) is 1. The molecular weight excluding hydrogens is 214 g/mol. The normalized spacial score (nSPS) is 10.8. The zero-order valence-electron chi connectivity index (χ0n) is 10.1. The van der Waals surface area contributed by atoms with Gasteiger partial charge in [-0.3, -0.25) is 0 Å². The fourth-order valence-corrected chi connectivity index (χ4v) is 1.77. The minimum atomic E-state index is 0.170. The van der Waals surface area contributed by atoms with Gasteiger partial charge in [-0.2, -0.15) is 0 Å². The highest BCUT2D eigenvalue weighted by Gasteiger charge is 2.08. The van der Waals surface area contributed by atoms with Crippen molar-refractivity contribution in [3.8, 4) is 16.9 Å². The molecule has 0 unspecified atom stereocenters. The van der Waals surface area contributed by atoms with Crippen molar-refractivity contribution in [1.29, 1.82) is 0 Å². The van der Waals surface area contributed by atoms with Gasteiger partial charge in [0.2, 0.25) is 0 Å². The first-order valence-electron chi connectivity index (χ1n) is 5.74. The van der Waals surface area contributed by atoms with Crippen LogP contribution in [-0.2, 0) is 6.54 Å². The average Bonchev–Trinajstić information content (AvgIpc) is 2.76. The summed E-state index contributed by atoms with van der Waals surface area (Å²) in [7, 11) is 0. The van der Waals surface area contributed by atoms with Crippen LogP contribution in [0, 0.1) is 0 Å². The van der Waals surface area contributed by atoms with E-state index >= 15 is 0 Å². The number of furan rings is 1. The summed E-state index contributed by atoms with van der Waals surface area (Å²) in [5.41, 5.74) is 7.72. The summed E-state index contributed by atoms with van der Waals surface area (Å²) < 4.78 is 11.0. The largest absolute Gasteiger partial charge is 0.491 e. The smallest absolute Gasteiger partial charge is 0.125 e. The fourth-order valence-electron chi connectivity index (χ4n) is 1.77. The molecule has 3 nitrogen and oxygen atoms in total. The molecule has 2 aromatic rings. The molecule has 0 spiro atoms. The van der Waals surface area contributed by atoms with Crippen LogP contribution in [0.1, 0.15) is 19.6 Å². The van der Waals surface area contributed by atoms with Gasteiger partial charge in [0, 0.05) is 5.56 Å². The molecule has 0 saturated carbocycles. The van der Waals surface area contributed by atoms with Gasteiger partial charge in [0.25, 0.3) is 0 Å². The summed E-state index contributed by atoms with van der Waals surface area (Å²) in [6.07, 6.45) is 1.83. The lowest BCUT2D eigenvalue weighted by atomic mass is 10.1. The Labute approximate surface area is 101 Å². The molecule has 0 saturated heterocycles. The van der Waals surface area contributed by atoms with Gasteiger partial charge in [-0.1, -0.05) is 12.1 Å². The average molecular weight is 231 g/mol. The van der Waals surface area contributed by atoms with Crippen molar-refractivity contribution in [3.05, 3.63) is 42.4 Å². The van der Waals surface area contributed by atoms with Gasteiger partial charge in [0.05, 0.1) is 18.9 Å². The lowest BCUT2D eigenvalue weighted by Crippen LogP contribution is -2.05. The lowest BCUT2D eigenvalue weighted by Gasteiger charge is -2.10. The quantitative estimate of drug-likeness (QED) is 0.879. The highest BCUT2D eigenvalue weighted by atomic mass is 16.5. The third-order valence-corrected chi connectivity index (χ3v) is 2.45. The van der Waals surface area contributed by atoms with E-state index in [0.717, 1.165) is 22.6 Å². The number of hydrogen-bond acceptors (Lipinski definition) is 3. The molecule has 2 N–H and O–H groups in total. The van der Waals surface area contributed by atoms with Crippen molar-refractivity contribution in [2.75, 3.05) is 0 Å². The first kappa shape index (κ1) is 11.7. The van der Waals surface area contributed by atoms with Crippen LogP contribution in [0.25, 0.3) is 11.1 Å². The Balaban J connectivity index is 2.33. The number of rotatable bonds is 4. The topological polar surface area (TPSA) is 48.4 Å². The molecule has 0 amide bonds. The minimum absolute atomic E-state index is 0.170. The van der Waals surface area contributed by atoms with Crippen molar-refractivity contribution >= 4 is 0 Å². The second-order valence-electron chi connectivity index (χ2n) is 4.16. The highest BCUT2D eigenvalue weighted by Crippen LogP contribution is 2.28. The van der Waals surface area contributed by atoms with Crippen molar-refractivity contribution < 1.29 is 9.15 Å². The molecule has 3 heteroatoms. The Kier molecular flexibility index (Phi) is 3.49. The Morgan fingerprint density at radius 3 is 2.82 bits per heavy atom. The zero-order valence-corrected chi connectivity index (χ0v) is 10.1.